The lowest BCUT2D eigenvalue weighted by Crippen LogP contribution is -2.39. The van der Waals surface area contributed by atoms with E-state index in [4.69, 9.17) is 0 Å². The van der Waals surface area contributed by atoms with E-state index in [0.29, 0.717) is 16.7 Å². The Balaban J connectivity index is 2.50. The van der Waals surface area contributed by atoms with Gasteiger partial charge in [-0.1, -0.05) is 30.4 Å². The minimum atomic E-state index is -2.37. The van der Waals surface area contributed by atoms with Gasteiger partial charge in [-0.3, -0.25) is 0 Å². The van der Waals surface area contributed by atoms with Gasteiger partial charge in [-0.05, 0) is 16.7 Å². The van der Waals surface area contributed by atoms with Crippen LogP contribution in [-0.4, -0.2) is 49.6 Å². The standard InChI is InChI=1S/C16H20O6/c17-6-10-1-11(7-18)3-12(2-10)13-4-14(8-19)16(21,22)15(5-13)9-20/h1-5,13,17-22H,6-9H2. The first kappa shape index (κ1) is 16.8. The molecular formula is C16H20O6. The highest BCUT2D eigenvalue weighted by molar-refractivity contribution is 5.44. The largest absolute Gasteiger partial charge is 0.392 e. The molecule has 6 N–H and O–H groups in total. The Morgan fingerprint density at radius 3 is 1.55 bits per heavy atom. The first-order valence-electron chi connectivity index (χ1n) is 6.89. The number of aliphatic hydroxyl groups is 6. The lowest BCUT2D eigenvalue weighted by Gasteiger charge is -2.32. The Morgan fingerprint density at radius 1 is 0.727 bits per heavy atom. The number of hydrogen-bond donors (Lipinski definition) is 6. The molecule has 0 bridgehead atoms. The van der Waals surface area contributed by atoms with Crippen LogP contribution in [0.25, 0.3) is 0 Å². The van der Waals surface area contributed by atoms with Gasteiger partial charge in [0.1, 0.15) is 0 Å². The molecule has 0 unspecified atom stereocenters. The van der Waals surface area contributed by atoms with Gasteiger partial charge < -0.3 is 30.6 Å². The second-order valence-corrected chi connectivity index (χ2v) is 5.30. The second-order valence-electron chi connectivity index (χ2n) is 5.30. The van der Waals surface area contributed by atoms with E-state index in [-0.39, 0.29) is 24.4 Å². The van der Waals surface area contributed by atoms with Crippen LogP contribution < -0.4 is 0 Å². The minimum absolute atomic E-state index is 0.0241. The summed E-state index contributed by atoms with van der Waals surface area (Å²) in [5.74, 6) is -2.78. The molecular weight excluding hydrogens is 288 g/mol. The molecule has 0 aliphatic heterocycles. The van der Waals surface area contributed by atoms with Gasteiger partial charge in [-0.15, -0.1) is 0 Å². The maximum atomic E-state index is 9.98. The summed E-state index contributed by atoms with van der Waals surface area (Å²) in [5, 5.41) is 57.2. The quantitative estimate of drug-likeness (QED) is 0.316. The fourth-order valence-corrected chi connectivity index (χ4v) is 2.60. The van der Waals surface area contributed by atoms with Crippen molar-refractivity contribution < 1.29 is 30.6 Å². The van der Waals surface area contributed by atoms with Crippen molar-refractivity contribution in [2.75, 3.05) is 13.2 Å². The summed E-state index contributed by atoms with van der Waals surface area (Å²) in [6.07, 6.45) is 2.99. The third kappa shape index (κ3) is 3.12. The lowest BCUT2D eigenvalue weighted by atomic mass is 9.82. The predicted octanol–water partition coefficient (Wildman–Crippen LogP) is -0.713. The molecule has 1 aromatic rings. The van der Waals surface area contributed by atoms with Crippen molar-refractivity contribution in [3.8, 4) is 0 Å². The molecule has 0 heterocycles. The summed E-state index contributed by atoms with van der Waals surface area (Å²) in [6, 6.07) is 5.12. The van der Waals surface area contributed by atoms with Crippen molar-refractivity contribution >= 4 is 0 Å². The zero-order chi connectivity index (χ0) is 16.3. The van der Waals surface area contributed by atoms with Crippen molar-refractivity contribution in [3.63, 3.8) is 0 Å². The molecule has 2 rings (SSSR count). The third-order valence-corrected chi connectivity index (χ3v) is 3.82. The minimum Gasteiger partial charge on any atom is -0.392 e. The van der Waals surface area contributed by atoms with Crippen LogP contribution in [0.3, 0.4) is 0 Å². The van der Waals surface area contributed by atoms with Crippen LogP contribution in [0.2, 0.25) is 0 Å². The van der Waals surface area contributed by atoms with Gasteiger partial charge >= 0.3 is 0 Å². The normalized spacial score (nSPS) is 18.1. The number of allylic oxidation sites excluding steroid dienone is 2. The molecule has 0 saturated heterocycles. The summed E-state index contributed by atoms with van der Waals surface area (Å²) in [6.45, 7) is -1.50. The van der Waals surface area contributed by atoms with Gasteiger partial charge in [0.15, 0.2) is 0 Å². The van der Waals surface area contributed by atoms with Crippen LogP contribution >= 0.6 is 0 Å². The van der Waals surface area contributed by atoms with Gasteiger partial charge in [0.05, 0.1) is 26.4 Å². The SMILES string of the molecule is OCC1=CC(c2cc(CO)cc(CO)c2)C=C(CO)C1(O)O. The molecule has 1 aliphatic carbocycles. The lowest BCUT2D eigenvalue weighted by molar-refractivity contribution is -0.107. The van der Waals surface area contributed by atoms with Crippen LogP contribution in [0.5, 0.6) is 0 Å². The van der Waals surface area contributed by atoms with Gasteiger partial charge in [-0.2, -0.15) is 0 Å². The molecule has 0 saturated carbocycles. The first-order valence-corrected chi connectivity index (χ1v) is 6.89. The number of aliphatic hydroxyl groups excluding tert-OH is 4. The van der Waals surface area contributed by atoms with E-state index in [9.17, 15) is 30.6 Å². The Kier molecular flexibility index (Phi) is 5.12. The molecule has 0 radical (unpaired) electrons. The highest BCUT2D eigenvalue weighted by Crippen LogP contribution is 2.35. The zero-order valence-corrected chi connectivity index (χ0v) is 12.0. The summed E-state index contributed by atoms with van der Waals surface area (Å²) < 4.78 is 0. The van der Waals surface area contributed by atoms with E-state index in [1.165, 1.54) is 12.2 Å². The molecule has 120 valence electrons. The van der Waals surface area contributed by atoms with E-state index in [1.54, 1.807) is 18.2 Å². The second kappa shape index (κ2) is 6.70. The average Bonchev–Trinajstić information content (AvgIpc) is 2.53. The fourth-order valence-electron chi connectivity index (χ4n) is 2.60. The Hall–Kier alpha value is -1.54. The van der Waals surface area contributed by atoms with Crippen LogP contribution in [0, 0.1) is 0 Å². The van der Waals surface area contributed by atoms with Gasteiger partial charge in [-0.25, -0.2) is 0 Å². The maximum absolute atomic E-state index is 9.98. The molecule has 0 amide bonds. The highest BCUT2D eigenvalue weighted by Gasteiger charge is 2.36. The predicted molar refractivity (Wildman–Crippen MR) is 78.5 cm³/mol. The third-order valence-electron chi connectivity index (χ3n) is 3.82. The van der Waals surface area contributed by atoms with Crippen molar-refractivity contribution in [2.45, 2.75) is 24.9 Å². The summed E-state index contributed by atoms with van der Waals surface area (Å²) in [5.41, 5.74) is 1.89. The molecule has 22 heavy (non-hydrogen) atoms. The fraction of sp³-hybridized carbons (Fsp3) is 0.375. The Morgan fingerprint density at radius 2 is 1.18 bits per heavy atom. The van der Waals surface area contributed by atoms with E-state index in [2.05, 4.69) is 0 Å². The highest BCUT2D eigenvalue weighted by atomic mass is 16.5. The number of benzene rings is 1. The molecule has 0 spiro atoms. The smallest absolute Gasteiger partial charge is 0.213 e. The van der Waals surface area contributed by atoms with E-state index in [0.717, 1.165) is 0 Å². The monoisotopic (exact) mass is 308 g/mol. The molecule has 6 nitrogen and oxygen atoms in total. The van der Waals surface area contributed by atoms with Crippen molar-refractivity contribution in [1.29, 1.82) is 0 Å². The van der Waals surface area contributed by atoms with Gasteiger partial charge in [0, 0.05) is 17.1 Å². The molecule has 0 aromatic heterocycles. The molecule has 6 heteroatoms. The van der Waals surface area contributed by atoms with E-state index in [1.807, 2.05) is 0 Å². The Labute approximate surface area is 127 Å². The molecule has 1 aliphatic rings. The van der Waals surface area contributed by atoms with Crippen LogP contribution in [0.4, 0.5) is 0 Å². The van der Waals surface area contributed by atoms with E-state index < -0.39 is 24.9 Å². The van der Waals surface area contributed by atoms with E-state index >= 15 is 0 Å². The van der Waals surface area contributed by atoms with Gasteiger partial charge in [0.25, 0.3) is 0 Å². The van der Waals surface area contributed by atoms with Crippen molar-refractivity contribution in [3.05, 3.63) is 58.2 Å². The number of hydrogen-bond acceptors (Lipinski definition) is 6. The van der Waals surface area contributed by atoms with Crippen LogP contribution in [0.15, 0.2) is 41.5 Å². The van der Waals surface area contributed by atoms with Crippen LogP contribution in [-0.2, 0) is 13.2 Å². The first-order chi connectivity index (χ1) is 10.5. The average molecular weight is 308 g/mol. The maximum Gasteiger partial charge on any atom is 0.213 e. The molecule has 0 atom stereocenters. The van der Waals surface area contributed by atoms with Crippen LogP contribution in [0.1, 0.15) is 22.6 Å². The zero-order valence-electron chi connectivity index (χ0n) is 12.0. The van der Waals surface area contributed by atoms with Crippen molar-refractivity contribution in [1.82, 2.24) is 0 Å². The molecule has 0 fully saturated rings. The molecule has 1 aromatic carbocycles. The summed E-state index contributed by atoms with van der Waals surface area (Å²) in [7, 11) is 0. The van der Waals surface area contributed by atoms with Gasteiger partial charge in [0.2, 0.25) is 5.79 Å². The summed E-state index contributed by atoms with van der Waals surface area (Å²) >= 11 is 0. The number of rotatable bonds is 5. The summed E-state index contributed by atoms with van der Waals surface area (Å²) in [4.78, 5) is 0. The topological polar surface area (TPSA) is 121 Å². The van der Waals surface area contributed by atoms with Crippen molar-refractivity contribution in [2.24, 2.45) is 0 Å². The Bertz CT molecular complexity index is 556.